The molecule has 0 saturated carbocycles. The van der Waals surface area contributed by atoms with Crippen LogP contribution in [0.5, 0.6) is 0 Å². The van der Waals surface area contributed by atoms with Crippen LogP contribution in [0.15, 0.2) is 60.3 Å². The van der Waals surface area contributed by atoms with Crippen LogP contribution in [0.25, 0.3) is 0 Å². The van der Waals surface area contributed by atoms with Crippen molar-refractivity contribution in [1.29, 1.82) is 0 Å². The molecule has 0 aromatic rings. The van der Waals surface area contributed by atoms with Crippen molar-refractivity contribution in [2.24, 2.45) is 0 Å². The second kappa shape index (κ2) is 11.7. The summed E-state index contributed by atoms with van der Waals surface area (Å²) in [7, 11) is 0. The van der Waals surface area contributed by atoms with Crippen LogP contribution in [-0.2, 0) is 27.4 Å². The molecule has 3 aliphatic carbocycles. The van der Waals surface area contributed by atoms with E-state index in [1.807, 2.05) is 7.15 Å². The van der Waals surface area contributed by atoms with E-state index in [1.165, 1.54) is 77.0 Å². The summed E-state index contributed by atoms with van der Waals surface area (Å²) in [5, 5.41) is 0. The second-order valence-corrected chi connectivity index (χ2v) is 16.0. The predicted octanol–water partition coefficient (Wildman–Crippen LogP) is 8.82. The summed E-state index contributed by atoms with van der Waals surface area (Å²) in [4.78, 5) is 0. The Morgan fingerprint density at radius 2 is 0.893 bits per heavy atom. The minimum absolute atomic E-state index is 1.26. The first-order chi connectivity index (χ1) is 13.8. The number of unbranched alkanes of at least 4 members (excludes halogenated alkanes) is 3. The quantitative estimate of drug-likeness (QED) is 0.277. The first kappa shape index (κ1) is 22.2. The Balaban J connectivity index is 2.00. The zero-order valence-corrected chi connectivity index (χ0v) is 21.4. The predicted molar refractivity (Wildman–Crippen MR) is 121 cm³/mol. The van der Waals surface area contributed by atoms with E-state index in [4.69, 9.17) is 0 Å². The summed E-state index contributed by atoms with van der Waals surface area (Å²) >= 11 is -2.16. The molecule has 1 heteroatoms. The molecule has 0 radical (unpaired) electrons. The molecule has 0 atom stereocenters. The molecule has 0 fully saturated rings. The van der Waals surface area contributed by atoms with Crippen molar-refractivity contribution >= 4 is 0 Å². The average Bonchev–Trinajstić information content (AvgIpc) is 3.46. The number of hydrogen-bond acceptors (Lipinski definition) is 0. The van der Waals surface area contributed by atoms with Crippen LogP contribution in [0.1, 0.15) is 97.8 Å². The van der Waals surface area contributed by atoms with Gasteiger partial charge in [0.2, 0.25) is 0 Å². The maximum atomic E-state index is 2.50. The van der Waals surface area contributed by atoms with Crippen LogP contribution in [0.2, 0.25) is 0 Å². The fourth-order valence-corrected chi connectivity index (χ4v) is 15.4. The molecule has 28 heavy (non-hydrogen) atoms. The molecule has 0 aromatic heterocycles. The van der Waals surface area contributed by atoms with E-state index in [2.05, 4.69) is 57.2 Å². The van der Waals surface area contributed by atoms with Crippen LogP contribution in [-0.4, -0.2) is 0 Å². The molecular formula is C27H39Y. The van der Waals surface area contributed by atoms with Gasteiger partial charge < -0.3 is 0 Å². The van der Waals surface area contributed by atoms with E-state index in [9.17, 15) is 0 Å². The van der Waals surface area contributed by atoms with Gasteiger partial charge in [-0.25, -0.2) is 0 Å². The zero-order valence-electron chi connectivity index (χ0n) is 18.5. The molecule has 0 N–H and O–H groups in total. The summed E-state index contributed by atoms with van der Waals surface area (Å²) in [5.41, 5.74) is 5.23. The van der Waals surface area contributed by atoms with Crippen molar-refractivity contribution in [3.8, 4) is 0 Å². The van der Waals surface area contributed by atoms with Gasteiger partial charge in [0.1, 0.15) is 0 Å². The van der Waals surface area contributed by atoms with Crippen LogP contribution in [0.3, 0.4) is 0 Å². The Morgan fingerprint density at radius 1 is 0.571 bits per heavy atom. The molecule has 0 bridgehead atoms. The second-order valence-electron chi connectivity index (χ2n) is 8.71. The van der Waals surface area contributed by atoms with Crippen LogP contribution in [0, 0.1) is 0 Å². The van der Waals surface area contributed by atoms with Crippen LogP contribution >= 0.6 is 0 Å². The molecule has 0 aromatic carbocycles. The van der Waals surface area contributed by atoms with E-state index in [0.29, 0.717) is 0 Å². The monoisotopic (exact) mass is 452 g/mol. The first-order valence-electron chi connectivity index (χ1n) is 11.9. The Hall–Kier alpha value is -0.456. The molecule has 3 aliphatic rings. The summed E-state index contributed by atoms with van der Waals surface area (Å²) in [6.45, 7) is 6.99. The van der Waals surface area contributed by atoms with Gasteiger partial charge in [-0.3, -0.25) is 0 Å². The third kappa shape index (κ3) is 5.37. The number of hydrogen-bond donors (Lipinski definition) is 0. The molecular weight excluding hydrogens is 413 g/mol. The van der Waals surface area contributed by atoms with Crippen LogP contribution < -0.4 is 0 Å². The third-order valence-electron chi connectivity index (χ3n) is 6.65. The van der Waals surface area contributed by atoms with E-state index in [1.54, 1.807) is 16.7 Å². The fourth-order valence-electron chi connectivity index (χ4n) is 5.07. The standard InChI is InChI=1S/3C9H13.Y/c3*1-2-3-6-9-7-4-5-8-9;/h3*4,7H,2-3,5-6H2,1H3;. The van der Waals surface area contributed by atoms with Crippen molar-refractivity contribution in [3.63, 3.8) is 0 Å². The molecule has 150 valence electrons. The Labute approximate surface area is 184 Å². The SMILES string of the molecule is CCCCC1=[C]([Y]([C]2=C(CCCC)C=CC2)[C]2=C(CCCC)C=CC2)CC=C1. The third-order valence-corrected chi connectivity index (χ3v) is 16.3. The van der Waals surface area contributed by atoms with Crippen molar-refractivity contribution in [1.82, 2.24) is 0 Å². The van der Waals surface area contributed by atoms with Gasteiger partial charge in [0.15, 0.2) is 0 Å². The summed E-state index contributed by atoms with van der Waals surface area (Å²) < 4.78 is 5.82. The van der Waals surface area contributed by atoms with E-state index < -0.39 is 27.4 Å². The zero-order chi connectivity index (χ0) is 19.8. The van der Waals surface area contributed by atoms with Gasteiger partial charge in [-0.1, -0.05) is 0 Å². The normalized spacial score (nSPS) is 18.5. The molecule has 0 saturated heterocycles. The van der Waals surface area contributed by atoms with Crippen LogP contribution in [0.4, 0.5) is 0 Å². The van der Waals surface area contributed by atoms with Crippen molar-refractivity contribution < 1.29 is 27.4 Å². The van der Waals surface area contributed by atoms with Crippen molar-refractivity contribution in [2.45, 2.75) is 97.8 Å². The fraction of sp³-hybridized carbons (Fsp3) is 0.556. The molecule has 0 spiro atoms. The maximum absolute atomic E-state index is 2.50. The van der Waals surface area contributed by atoms with Gasteiger partial charge in [-0.05, 0) is 0 Å². The molecule has 0 aliphatic heterocycles. The summed E-state index contributed by atoms with van der Waals surface area (Å²) in [6, 6.07) is 0. The van der Waals surface area contributed by atoms with Gasteiger partial charge in [-0.15, -0.1) is 0 Å². The van der Waals surface area contributed by atoms with Gasteiger partial charge >= 0.3 is 186 Å². The summed E-state index contributed by atoms with van der Waals surface area (Å²) in [5.74, 6) is 0. The number of allylic oxidation sites excluding steroid dienone is 12. The molecule has 0 unspecified atom stereocenters. The van der Waals surface area contributed by atoms with Crippen molar-refractivity contribution in [3.05, 3.63) is 60.3 Å². The number of rotatable bonds is 12. The topological polar surface area (TPSA) is 0 Å². The Kier molecular flexibility index (Phi) is 9.26. The molecule has 0 amide bonds. The first-order valence-corrected chi connectivity index (χ1v) is 16.2. The summed E-state index contributed by atoms with van der Waals surface area (Å²) in [6.07, 6.45) is 30.6. The Bertz CT molecular complexity index is 624. The van der Waals surface area contributed by atoms with Gasteiger partial charge in [0.05, 0.1) is 0 Å². The average molecular weight is 453 g/mol. The van der Waals surface area contributed by atoms with E-state index in [-0.39, 0.29) is 0 Å². The van der Waals surface area contributed by atoms with E-state index in [0.717, 1.165) is 0 Å². The minimum atomic E-state index is -2.16. The molecule has 3 rings (SSSR count). The van der Waals surface area contributed by atoms with E-state index >= 15 is 0 Å². The van der Waals surface area contributed by atoms with Gasteiger partial charge in [0, 0.05) is 0 Å². The van der Waals surface area contributed by atoms with Gasteiger partial charge in [0.25, 0.3) is 0 Å². The van der Waals surface area contributed by atoms with Crippen molar-refractivity contribution in [2.75, 3.05) is 0 Å². The molecule has 0 heterocycles. The Morgan fingerprint density at radius 3 is 1.18 bits per heavy atom. The molecule has 0 nitrogen and oxygen atoms in total. The van der Waals surface area contributed by atoms with Gasteiger partial charge in [-0.2, -0.15) is 0 Å².